The van der Waals surface area contributed by atoms with Crippen LogP contribution in [-0.4, -0.2) is 28.6 Å². The number of rotatable bonds is 11. The lowest BCUT2D eigenvalue weighted by Crippen LogP contribution is -2.57. The Hall–Kier alpha value is -0.723. The van der Waals surface area contributed by atoms with Gasteiger partial charge in [0.15, 0.2) is 0 Å². The van der Waals surface area contributed by atoms with E-state index in [9.17, 15) is 0 Å². The van der Waals surface area contributed by atoms with Gasteiger partial charge < -0.3 is 19.0 Å². The smallest absolute Gasteiger partial charge is 0.370 e. The minimum Gasteiger partial charge on any atom is -0.370 e. The van der Waals surface area contributed by atoms with Crippen molar-refractivity contribution in [3.8, 4) is 0 Å². The van der Waals surface area contributed by atoms with Crippen LogP contribution < -0.4 is 10.9 Å². The van der Waals surface area contributed by atoms with Gasteiger partial charge in [-0.3, -0.25) is 0 Å². The van der Waals surface area contributed by atoms with E-state index in [0.717, 1.165) is 30.0 Å². The molecule has 0 saturated carbocycles. The van der Waals surface area contributed by atoms with Crippen molar-refractivity contribution in [3.63, 3.8) is 0 Å². The maximum absolute atomic E-state index is 6.11. The van der Waals surface area contributed by atoms with Gasteiger partial charge in [-0.25, -0.2) is 0 Å². The van der Waals surface area contributed by atoms with Gasteiger partial charge in [-0.05, 0) is 24.8 Å². The van der Waals surface area contributed by atoms with E-state index in [1.807, 2.05) is 24.3 Å². The van der Waals surface area contributed by atoms with Crippen molar-refractivity contribution < 1.29 is 13.3 Å². The Bertz CT molecular complexity index is 362. The summed E-state index contributed by atoms with van der Waals surface area (Å²) in [7, 11) is -2.81. The van der Waals surface area contributed by atoms with Crippen molar-refractivity contribution in [1.29, 1.82) is 0 Å². The molecule has 0 aromatic heterocycles. The van der Waals surface area contributed by atoms with Gasteiger partial charge in [0.2, 0.25) is 0 Å². The maximum atomic E-state index is 6.11. The monoisotopic (exact) mass is 311 g/mol. The minimum absolute atomic E-state index is 0.538. The second-order valence-corrected chi connectivity index (χ2v) is 7.56. The molecule has 21 heavy (non-hydrogen) atoms. The molecule has 0 aliphatic rings. The molecule has 0 fully saturated rings. The van der Waals surface area contributed by atoms with E-state index in [2.05, 4.69) is 20.8 Å². The minimum atomic E-state index is -2.81. The van der Waals surface area contributed by atoms with Gasteiger partial charge in [0.05, 0.1) is 0 Å². The van der Waals surface area contributed by atoms with Crippen molar-refractivity contribution >= 4 is 14.0 Å². The molecule has 120 valence electrons. The summed E-state index contributed by atoms with van der Waals surface area (Å²) < 4.78 is 18.3. The van der Waals surface area contributed by atoms with E-state index >= 15 is 0 Å². The lowest BCUT2D eigenvalue weighted by atomic mass is 10.2. The standard InChI is InChI=1S/C16H29NO3Si/c1-4-11-18-21(19-12-5-2,20-13-6-3)16-9-7-15(14-17)8-10-16/h7-10H,4-6,11-14,17H2,1-3H3. The van der Waals surface area contributed by atoms with Crippen LogP contribution in [0.25, 0.3) is 0 Å². The molecule has 0 unspecified atom stereocenters. The van der Waals surface area contributed by atoms with Crippen LogP contribution in [0.2, 0.25) is 0 Å². The molecule has 1 aromatic carbocycles. The van der Waals surface area contributed by atoms with E-state index in [-0.39, 0.29) is 0 Å². The summed E-state index contributed by atoms with van der Waals surface area (Å²) in [6.07, 6.45) is 2.84. The zero-order chi connectivity index (χ0) is 15.6. The first kappa shape index (κ1) is 18.3. The summed E-state index contributed by atoms with van der Waals surface area (Å²) in [6, 6.07) is 8.12. The van der Waals surface area contributed by atoms with E-state index in [0.29, 0.717) is 26.4 Å². The van der Waals surface area contributed by atoms with E-state index in [4.69, 9.17) is 19.0 Å². The Kier molecular flexibility index (Phi) is 8.80. The van der Waals surface area contributed by atoms with Gasteiger partial charge in [0.1, 0.15) is 0 Å². The molecule has 0 aliphatic carbocycles. The highest BCUT2D eigenvalue weighted by molar-refractivity contribution is 6.75. The predicted molar refractivity (Wildman–Crippen MR) is 88.5 cm³/mol. The molecular weight excluding hydrogens is 282 g/mol. The fraction of sp³-hybridized carbons (Fsp3) is 0.625. The van der Waals surface area contributed by atoms with Gasteiger partial charge in [0.25, 0.3) is 0 Å². The summed E-state index contributed by atoms with van der Waals surface area (Å²) >= 11 is 0. The molecule has 5 heteroatoms. The Morgan fingerprint density at radius 2 is 1.24 bits per heavy atom. The van der Waals surface area contributed by atoms with Crippen molar-refractivity contribution in [1.82, 2.24) is 0 Å². The zero-order valence-electron chi connectivity index (χ0n) is 13.6. The highest BCUT2D eigenvalue weighted by atomic mass is 28.4. The number of hydrogen-bond acceptors (Lipinski definition) is 4. The lowest BCUT2D eigenvalue weighted by Gasteiger charge is -2.29. The van der Waals surface area contributed by atoms with Crippen LogP contribution in [-0.2, 0) is 19.8 Å². The Morgan fingerprint density at radius 3 is 1.57 bits per heavy atom. The third-order valence-electron chi connectivity index (χ3n) is 3.03. The zero-order valence-corrected chi connectivity index (χ0v) is 14.6. The molecule has 0 bridgehead atoms. The topological polar surface area (TPSA) is 53.7 Å². The van der Waals surface area contributed by atoms with E-state index < -0.39 is 8.80 Å². The van der Waals surface area contributed by atoms with Gasteiger partial charge >= 0.3 is 8.80 Å². The van der Waals surface area contributed by atoms with E-state index in [1.165, 1.54) is 0 Å². The molecule has 1 rings (SSSR count). The number of hydrogen-bond donors (Lipinski definition) is 1. The second kappa shape index (κ2) is 10.1. The Balaban J connectivity index is 3.02. The molecule has 1 aromatic rings. The molecule has 0 radical (unpaired) electrons. The molecule has 0 heterocycles. The summed E-state index contributed by atoms with van der Waals surface area (Å²) in [5.41, 5.74) is 6.77. The van der Waals surface area contributed by atoms with Crippen LogP contribution in [0.15, 0.2) is 24.3 Å². The first-order valence-corrected chi connectivity index (χ1v) is 9.66. The first-order chi connectivity index (χ1) is 10.2. The summed E-state index contributed by atoms with van der Waals surface area (Å²) in [5.74, 6) is 0. The fourth-order valence-electron chi connectivity index (χ4n) is 1.93. The lowest BCUT2D eigenvalue weighted by molar-refractivity contribution is 0.0732. The molecule has 0 saturated heterocycles. The molecular formula is C16H29NO3Si. The van der Waals surface area contributed by atoms with Gasteiger partial charge in [-0.15, -0.1) is 0 Å². The second-order valence-electron chi connectivity index (χ2n) is 5.00. The molecule has 4 nitrogen and oxygen atoms in total. The van der Waals surface area contributed by atoms with Crippen LogP contribution >= 0.6 is 0 Å². The van der Waals surface area contributed by atoms with Crippen LogP contribution in [0.4, 0.5) is 0 Å². The van der Waals surface area contributed by atoms with Crippen LogP contribution in [0.1, 0.15) is 45.6 Å². The maximum Gasteiger partial charge on any atom is 0.537 e. The van der Waals surface area contributed by atoms with Crippen molar-refractivity contribution in [2.24, 2.45) is 5.73 Å². The van der Waals surface area contributed by atoms with E-state index in [1.54, 1.807) is 0 Å². The quantitative estimate of drug-likeness (QED) is 0.638. The van der Waals surface area contributed by atoms with Gasteiger partial charge in [-0.2, -0.15) is 0 Å². The van der Waals surface area contributed by atoms with Crippen molar-refractivity contribution in [3.05, 3.63) is 29.8 Å². The van der Waals surface area contributed by atoms with Crippen LogP contribution in [0.3, 0.4) is 0 Å². The summed E-state index contributed by atoms with van der Waals surface area (Å²) in [6.45, 7) is 8.77. The SMILES string of the molecule is CCCO[Si](OCCC)(OCCC)c1ccc(CN)cc1. The number of benzene rings is 1. The number of nitrogens with two attached hydrogens (primary N) is 1. The molecule has 0 amide bonds. The predicted octanol–water partition coefficient (Wildman–Crippen LogP) is 2.57. The molecule has 0 aliphatic heterocycles. The van der Waals surface area contributed by atoms with Crippen LogP contribution in [0, 0.1) is 0 Å². The highest BCUT2D eigenvalue weighted by Gasteiger charge is 2.43. The fourth-order valence-corrected chi connectivity index (χ4v) is 4.67. The average molecular weight is 311 g/mol. The highest BCUT2D eigenvalue weighted by Crippen LogP contribution is 2.13. The third-order valence-corrected chi connectivity index (χ3v) is 5.82. The molecule has 2 N–H and O–H groups in total. The summed E-state index contributed by atoms with van der Waals surface area (Å²) in [5, 5.41) is 1.02. The summed E-state index contributed by atoms with van der Waals surface area (Å²) in [4.78, 5) is 0. The molecule has 0 spiro atoms. The average Bonchev–Trinajstić information content (AvgIpc) is 2.55. The third kappa shape index (κ3) is 5.52. The first-order valence-electron chi connectivity index (χ1n) is 7.93. The van der Waals surface area contributed by atoms with Gasteiger partial charge in [0, 0.05) is 31.6 Å². The van der Waals surface area contributed by atoms with Crippen LogP contribution in [0.5, 0.6) is 0 Å². The van der Waals surface area contributed by atoms with Crippen molar-refractivity contribution in [2.45, 2.75) is 46.6 Å². The Morgan fingerprint density at radius 1 is 0.810 bits per heavy atom. The van der Waals surface area contributed by atoms with Crippen molar-refractivity contribution in [2.75, 3.05) is 19.8 Å². The normalized spacial score (nSPS) is 11.8. The Labute approximate surface area is 130 Å². The largest absolute Gasteiger partial charge is 0.537 e. The van der Waals surface area contributed by atoms with Gasteiger partial charge in [-0.1, -0.05) is 45.0 Å². The molecule has 0 atom stereocenters.